The predicted octanol–water partition coefficient (Wildman–Crippen LogP) is 5.40. The first kappa shape index (κ1) is 17.0. The van der Waals surface area contributed by atoms with Gasteiger partial charge in [-0.3, -0.25) is 0 Å². The van der Waals surface area contributed by atoms with E-state index in [9.17, 15) is 0 Å². The Hall–Kier alpha value is -3.14. The Bertz CT molecular complexity index is 1330. The molecule has 0 N–H and O–H groups in total. The van der Waals surface area contributed by atoms with Gasteiger partial charge in [0.2, 0.25) is 5.71 Å². The van der Waals surface area contributed by atoms with Crippen LogP contribution >= 0.6 is 0 Å². The molecule has 4 nitrogen and oxygen atoms in total. The standard InChI is InChI=1S/C24H24N3O/c1-14(2)18-13-12-17-16-11-10-15(3)21(22(16)28-23(17)25-18)24-26(4)19-8-6-7-9-20(19)27(24)5/h6-14H,1-5H3/q+1. The Balaban J connectivity index is 1.90. The van der Waals surface area contributed by atoms with Crippen LogP contribution in [-0.4, -0.2) is 9.55 Å². The number of hydrogen-bond acceptors (Lipinski definition) is 2. The maximum atomic E-state index is 6.38. The second-order valence-corrected chi connectivity index (χ2v) is 7.91. The number of pyridine rings is 1. The Morgan fingerprint density at radius 3 is 2.50 bits per heavy atom. The van der Waals surface area contributed by atoms with Crippen molar-refractivity contribution in [2.45, 2.75) is 26.7 Å². The molecule has 0 saturated carbocycles. The lowest BCUT2D eigenvalue weighted by Crippen LogP contribution is -2.30. The molecular weight excluding hydrogens is 346 g/mol. The third-order valence-electron chi connectivity index (χ3n) is 5.79. The summed E-state index contributed by atoms with van der Waals surface area (Å²) < 4.78 is 10.9. The Morgan fingerprint density at radius 1 is 1.00 bits per heavy atom. The quantitative estimate of drug-likeness (QED) is 0.390. The molecule has 3 heterocycles. The first-order valence-corrected chi connectivity index (χ1v) is 9.74. The summed E-state index contributed by atoms with van der Waals surface area (Å²) in [4.78, 5) is 4.78. The highest BCUT2D eigenvalue weighted by Crippen LogP contribution is 2.37. The molecule has 0 saturated heterocycles. The fraction of sp³-hybridized carbons (Fsp3) is 0.250. The first-order chi connectivity index (χ1) is 13.5. The molecule has 0 fully saturated rings. The van der Waals surface area contributed by atoms with E-state index in [0.717, 1.165) is 39.2 Å². The third kappa shape index (κ3) is 2.24. The Morgan fingerprint density at radius 2 is 1.75 bits per heavy atom. The topological polar surface area (TPSA) is 34.8 Å². The van der Waals surface area contributed by atoms with Crippen LogP contribution in [0.3, 0.4) is 0 Å². The minimum absolute atomic E-state index is 0.370. The van der Waals surface area contributed by atoms with E-state index < -0.39 is 0 Å². The average Bonchev–Trinajstić information content (AvgIpc) is 3.18. The molecule has 0 amide bonds. The molecule has 0 spiro atoms. The molecule has 140 valence electrons. The molecule has 0 radical (unpaired) electrons. The van der Waals surface area contributed by atoms with E-state index in [1.54, 1.807) is 0 Å². The summed E-state index contributed by atoms with van der Waals surface area (Å²) in [6, 6.07) is 17.1. The van der Waals surface area contributed by atoms with Crippen molar-refractivity contribution in [3.8, 4) is 11.4 Å². The van der Waals surface area contributed by atoms with E-state index >= 15 is 0 Å². The summed E-state index contributed by atoms with van der Waals surface area (Å²) in [5, 5.41) is 2.19. The van der Waals surface area contributed by atoms with Crippen LogP contribution in [0.5, 0.6) is 0 Å². The van der Waals surface area contributed by atoms with Crippen LogP contribution in [0.1, 0.15) is 31.0 Å². The van der Waals surface area contributed by atoms with Crippen LogP contribution < -0.4 is 4.57 Å². The van der Waals surface area contributed by atoms with Crippen LogP contribution in [0.15, 0.2) is 52.9 Å². The molecule has 0 aliphatic carbocycles. The fourth-order valence-corrected chi connectivity index (χ4v) is 4.25. The fourth-order valence-electron chi connectivity index (χ4n) is 4.25. The van der Waals surface area contributed by atoms with E-state index in [0.29, 0.717) is 5.92 Å². The molecule has 0 aliphatic heterocycles. The minimum Gasteiger partial charge on any atom is -0.437 e. The average molecular weight is 370 g/mol. The van der Waals surface area contributed by atoms with Crippen LogP contribution in [-0.2, 0) is 14.1 Å². The SMILES string of the molecule is Cc1ccc2c(oc3nc(C(C)C)ccc32)c1-c1n(C)c2ccccc2[n+]1C. The van der Waals surface area contributed by atoms with Crippen molar-refractivity contribution < 1.29 is 8.98 Å². The lowest BCUT2D eigenvalue weighted by atomic mass is 10.0. The lowest BCUT2D eigenvalue weighted by Gasteiger charge is -2.04. The second-order valence-electron chi connectivity index (χ2n) is 7.91. The molecule has 28 heavy (non-hydrogen) atoms. The van der Waals surface area contributed by atoms with Crippen LogP contribution in [0.25, 0.3) is 44.5 Å². The molecule has 0 bridgehead atoms. The first-order valence-electron chi connectivity index (χ1n) is 9.74. The second kappa shape index (κ2) is 5.93. The monoisotopic (exact) mass is 370 g/mol. The zero-order valence-corrected chi connectivity index (χ0v) is 16.9. The van der Waals surface area contributed by atoms with Crippen molar-refractivity contribution in [3.05, 3.63) is 59.8 Å². The zero-order chi connectivity index (χ0) is 19.6. The number of furan rings is 1. The summed E-state index contributed by atoms with van der Waals surface area (Å²) in [5.74, 6) is 1.50. The van der Waals surface area contributed by atoms with E-state index in [1.807, 2.05) is 0 Å². The van der Waals surface area contributed by atoms with Gasteiger partial charge in [0.25, 0.3) is 5.82 Å². The summed E-state index contributed by atoms with van der Waals surface area (Å²) >= 11 is 0. The summed E-state index contributed by atoms with van der Waals surface area (Å²) in [6.07, 6.45) is 0. The lowest BCUT2D eigenvalue weighted by molar-refractivity contribution is -0.634. The molecule has 2 aromatic carbocycles. The number of aryl methyl sites for hydroxylation is 3. The van der Waals surface area contributed by atoms with Gasteiger partial charge in [-0.1, -0.05) is 38.1 Å². The van der Waals surface area contributed by atoms with Gasteiger partial charge in [-0.2, -0.15) is 0 Å². The van der Waals surface area contributed by atoms with Gasteiger partial charge in [0.1, 0.15) is 5.56 Å². The van der Waals surface area contributed by atoms with Crippen LogP contribution in [0, 0.1) is 6.92 Å². The van der Waals surface area contributed by atoms with Crippen LogP contribution in [0.4, 0.5) is 0 Å². The van der Waals surface area contributed by atoms with Gasteiger partial charge in [0, 0.05) is 16.5 Å². The van der Waals surface area contributed by atoms with Crippen molar-refractivity contribution in [2.24, 2.45) is 14.1 Å². The summed E-state index contributed by atoms with van der Waals surface area (Å²) in [6.45, 7) is 6.45. The molecule has 5 aromatic rings. The smallest absolute Gasteiger partial charge is 0.293 e. The molecule has 5 rings (SSSR count). The molecular formula is C24H24N3O+. The summed E-state index contributed by atoms with van der Waals surface area (Å²) in [5.41, 5.74) is 7.40. The minimum atomic E-state index is 0.370. The Kier molecular flexibility index (Phi) is 3.60. The van der Waals surface area contributed by atoms with E-state index in [4.69, 9.17) is 9.40 Å². The number of imidazole rings is 1. The van der Waals surface area contributed by atoms with Crippen molar-refractivity contribution in [2.75, 3.05) is 0 Å². The number of fused-ring (bicyclic) bond motifs is 4. The zero-order valence-electron chi connectivity index (χ0n) is 16.9. The van der Waals surface area contributed by atoms with E-state index in [1.165, 1.54) is 16.6 Å². The van der Waals surface area contributed by atoms with Gasteiger partial charge in [-0.15, -0.1) is 0 Å². The van der Waals surface area contributed by atoms with Crippen molar-refractivity contribution >= 4 is 33.1 Å². The highest BCUT2D eigenvalue weighted by Gasteiger charge is 2.27. The number of hydrogen-bond donors (Lipinski definition) is 0. The molecule has 0 unspecified atom stereocenters. The number of nitrogens with zero attached hydrogens (tertiary/aromatic N) is 3. The van der Waals surface area contributed by atoms with E-state index in [2.05, 4.69) is 92.5 Å². The predicted molar refractivity (Wildman–Crippen MR) is 113 cm³/mol. The van der Waals surface area contributed by atoms with Gasteiger partial charge >= 0.3 is 0 Å². The third-order valence-corrected chi connectivity index (χ3v) is 5.79. The normalized spacial score (nSPS) is 12.1. The van der Waals surface area contributed by atoms with Crippen molar-refractivity contribution in [1.82, 2.24) is 9.55 Å². The molecule has 3 aromatic heterocycles. The number of benzene rings is 2. The summed E-state index contributed by atoms with van der Waals surface area (Å²) in [7, 11) is 4.24. The van der Waals surface area contributed by atoms with Crippen molar-refractivity contribution in [3.63, 3.8) is 0 Å². The Labute approximate surface area is 164 Å². The number of aromatic nitrogens is 3. The maximum absolute atomic E-state index is 6.38. The molecule has 0 atom stereocenters. The van der Waals surface area contributed by atoms with Crippen molar-refractivity contribution in [1.29, 1.82) is 0 Å². The molecule has 0 aliphatic rings. The highest BCUT2D eigenvalue weighted by atomic mass is 16.3. The van der Waals surface area contributed by atoms with Gasteiger partial charge in [-0.25, -0.2) is 14.1 Å². The largest absolute Gasteiger partial charge is 0.437 e. The van der Waals surface area contributed by atoms with Gasteiger partial charge in [0.05, 0.1) is 14.1 Å². The highest BCUT2D eigenvalue weighted by molar-refractivity contribution is 6.08. The van der Waals surface area contributed by atoms with Gasteiger partial charge < -0.3 is 4.42 Å². The van der Waals surface area contributed by atoms with Gasteiger partial charge in [0.15, 0.2) is 16.6 Å². The maximum Gasteiger partial charge on any atom is 0.293 e. The van der Waals surface area contributed by atoms with Crippen LogP contribution in [0.2, 0.25) is 0 Å². The number of rotatable bonds is 2. The van der Waals surface area contributed by atoms with E-state index in [-0.39, 0.29) is 0 Å². The van der Waals surface area contributed by atoms with Gasteiger partial charge in [-0.05, 0) is 42.7 Å². The number of para-hydroxylation sites is 2. The molecule has 4 heteroatoms.